The first-order chi connectivity index (χ1) is 10.5. The maximum absolute atomic E-state index is 13.5. The Morgan fingerprint density at radius 1 is 1.27 bits per heavy atom. The van der Waals surface area contributed by atoms with E-state index in [4.69, 9.17) is 5.11 Å². The highest BCUT2D eigenvalue weighted by molar-refractivity contribution is 5.76. The average Bonchev–Trinajstić information content (AvgIpc) is 2.79. The smallest absolute Gasteiger partial charge is 0.303 e. The standard InChI is InChI=1S/C16H20F2N2O2/c1-3-10(4-2)16-19-13-8-11(17)12(18)9-14(13)20(16)7-5-6-15(21)22/h8-10H,3-7H2,1-2H3,(H,21,22). The molecule has 2 aromatic rings. The summed E-state index contributed by atoms with van der Waals surface area (Å²) in [6.07, 6.45) is 2.19. The lowest BCUT2D eigenvalue weighted by Crippen LogP contribution is -2.10. The molecule has 0 radical (unpaired) electrons. The van der Waals surface area contributed by atoms with Gasteiger partial charge in [0.15, 0.2) is 11.6 Å². The lowest BCUT2D eigenvalue weighted by molar-refractivity contribution is -0.137. The Hall–Kier alpha value is -1.98. The van der Waals surface area contributed by atoms with Crippen molar-refractivity contribution in [2.24, 2.45) is 0 Å². The second-order valence-corrected chi connectivity index (χ2v) is 5.39. The van der Waals surface area contributed by atoms with E-state index in [-0.39, 0.29) is 12.3 Å². The van der Waals surface area contributed by atoms with Crippen LogP contribution in [-0.2, 0) is 11.3 Å². The van der Waals surface area contributed by atoms with Crippen LogP contribution in [0.1, 0.15) is 51.3 Å². The average molecular weight is 310 g/mol. The predicted octanol–water partition coefficient (Wildman–Crippen LogP) is 4.08. The number of fused-ring (bicyclic) bond motifs is 1. The quantitative estimate of drug-likeness (QED) is 0.838. The second-order valence-electron chi connectivity index (χ2n) is 5.39. The van der Waals surface area contributed by atoms with Crippen LogP contribution in [0.3, 0.4) is 0 Å². The normalized spacial score (nSPS) is 11.5. The first-order valence-corrected chi connectivity index (χ1v) is 7.54. The van der Waals surface area contributed by atoms with Gasteiger partial charge in [-0.05, 0) is 19.3 Å². The summed E-state index contributed by atoms with van der Waals surface area (Å²) in [7, 11) is 0. The summed E-state index contributed by atoms with van der Waals surface area (Å²) in [5.74, 6) is -1.74. The first kappa shape index (κ1) is 16.4. The Bertz CT molecular complexity index is 678. The highest BCUT2D eigenvalue weighted by Crippen LogP contribution is 2.28. The number of benzene rings is 1. The molecule has 0 unspecified atom stereocenters. The van der Waals surface area contributed by atoms with Crippen LogP contribution in [0.4, 0.5) is 8.78 Å². The van der Waals surface area contributed by atoms with Crippen molar-refractivity contribution in [3.8, 4) is 0 Å². The molecule has 4 nitrogen and oxygen atoms in total. The number of carbonyl (C=O) groups is 1. The number of hydrogen-bond acceptors (Lipinski definition) is 2. The molecule has 6 heteroatoms. The molecule has 1 N–H and O–H groups in total. The summed E-state index contributed by atoms with van der Waals surface area (Å²) in [4.78, 5) is 15.2. The third-order valence-electron chi connectivity index (χ3n) is 3.94. The van der Waals surface area contributed by atoms with Crippen LogP contribution in [-0.4, -0.2) is 20.6 Å². The maximum atomic E-state index is 13.5. The summed E-state index contributed by atoms with van der Waals surface area (Å²) in [6, 6.07) is 2.24. The summed E-state index contributed by atoms with van der Waals surface area (Å²) >= 11 is 0. The van der Waals surface area contributed by atoms with Crippen molar-refractivity contribution >= 4 is 17.0 Å². The molecule has 1 heterocycles. The van der Waals surface area contributed by atoms with Crippen LogP contribution in [0.5, 0.6) is 0 Å². The van der Waals surface area contributed by atoms with Gasteiger partial charge in [0.05, 0.1) is 11.0 Å². The fourth-order valence-electron chi connectivity index (χ4n) is 2.73. The largest absolute Gasteiger partial charge is 0.481 e. The van der Waals surface area contributed by atoms with E-state index in [1.54, 1.807) is 0 Å². The Morgan fingerprint density at radius 2 is 1.91 bits per heavy atom. The molecule has 1 aromatic heterocycles. The molecule has 0 saturated heterocycles. The van der Waals surface area contributed by atoms with Crippen molar-refractivity contribution in [1.82, 2.24) is 9.55 Å². The van der Waals surface area contributed by atoms with E-state index in [0.29, 0.717) is 24.0 Å². The molecule has 0 amide bonds. The predicted molar refractivity (Wildman–Crippen MR) is 79.8 cm³/mol. The number of carboxylic acids is 1. The number of aromatic nitrogens is 2. The molecule has 120 valence electrons. The molecule has 0 aliphatic carbocycles. The SMILES string of the molecule is CCC(CC)c1nc2cc(F)c(F)cc2n1CCCC(=O)O. The minimum atomic E-state index is -0.918. The van der Waals surface area contributed by atoms with Gasteiger partial charge in [0.1, 0.15) is 5.82 Å². The molecule has 0 spiro atoms. The molecule has 0 aliphatic rings. The number of rotatable bonds is 7. The Morgan fingerprint density at radius 3 is 2.50 bits per heavy atom. The fraction of sp³-hybridized carbons (Fsp3) is 0.500. The highest BCUT2D eigenvalue weighted by Gasteiger charge is 2.19. The van der Waals surface area contributed by atoms with Gasteiger partial charge in [-0.2, -0.15) is 0 Å². The lowest BCUT2D eigenvalue weighted by Gasteiger charge is -2.15. The van der Waals surface area contributed by atoms with Crippen molar-refractivity contribution < 1.29 is 18.7 Å². The molecule has 0 fully saturated rings. The third-order valence-corrected chi connectivity index (χ3v) is 3.94. The van der Waals surface area contributed by atoms with Gasteiger partial charge in [-0.1, -0.05) is 13.8 Å². The van der Waals surface area contributed by atoms with Gasteiger partial charge in [-0.3, -0.25) is 4.79 Å². The summed E-state index contributed by atoms with van der Waals surface area (Å²) < 4.78 is 28.8. The van der Waals surface area contributed by atoms with E-state index in [1.165, 1.54) is 0 Å². The minimum Gasteiger partial charge on any atom is -0.481 e. The van der Waals surface area contributed by atoms with Crippen molar-refractivity contribution in [3.05, 3.63) is 29.6 Å². The Labute approximate surface area is 127 Å². The van der Waals surface area contributed by atoms with E-state index < -0.39 is 17.6 Å². The summed E-state index contributed by atoms with van der Waals surface area (Å²) in [5.41, 5.74) is 0.933. The monoisotopic (exact) mass is 310 g/mol. The number of halogens is 2. The second kappa shape index (κ2) is 6.85. The van der Waals surface area contributed by atoms with Gasteiger partial charge >= 0.3 is 5.97 Å². The first-order valence-electron chi connectivity index (χ1n) is 7.54. The van der Waals surface area contributed by atoms with Gasteiger partial charge < -0.3 is 9.67 Å². The number of nitrogens with zero attached hydrogens (tertiary/aromatic N) is 2. The molecule has 0 saturated carbocycles. The lowest BCUT2D eigenvalue weighted by atomic mass is 10.0. The van der Waals surface area contributed by atoms with Gasteiger partial charge in [-0.15, -0.1) is 0 Å². The minimum absolute atomic E-state index is 0.0334. The van der Waals surface area contributed by atoms with Crippen molar-refractivity contribution in [1.29, 1.82) is 0 Å². The third kappa shape index (κ3) is 3.26. The zero-order valence-electron chi connectivity index (χ0n) is 12.8. The number of hydrogen-bond donors (Lipinski definition) is 1. The van der Waals surface area contributed by atoms with Crippen molar-refractivity contribution in [3.63, 3.8) is 0 Å². The highest BCUT2D eigenvalue weighted by atomic mass is 19.2. The number of carboxylic acid groups (broad SMARTS) is 1. The Balaban J connectivity index is 2.48. The number of aryl methyl sites for hydroxylation is 1. The van der Waals surface area contributed by atoms with Crippen LogP contribution < -0.4 is 0 Å². The van der Waals surface area contributed by atoms with Crippen LogP contribution in [0.15, 0.2) is 12.1 Å². The van der Waals surface area contributed by atoms with Crippen LogP contribution in [0, 0.1) is 11.6 Å². The van der Waals surface area contributed by atoms with Gasteiger partial charge in [0.25, 0.3) is 0 Å². The zero-order chi connectivity index (χ0) is 16.3. The van der Waals surface area contributed by atoms with Gasteiger partial charge in [-0.25, -0.2) is 13.8 Å². The number of aliphatic carboxylic acids is 1. The van der Waals surface area contributed by atoms with Crippen LogP contribution in [0.25, 0.3) is 11.0 Å². The van der Waals surface area contributed by atoms with Crippen molar-refractivity contribution in [2.45, 2.75) is 52.0 Å². The molecular formula is C16H20F2N2O2. The zero-order valence-corrected chi connectivity index (χ0v) is 12.8. The van der Waals surface area contributed by atoms with Gasteiger partial charge in [0.2, 0.25) is 0 Å². The maximum Gasteiger partial charge on any atom is 0.303 e. The fourth-order valence-corrected chi connectivity index (χ4v) is 2.73. The van der Waals surface area contributed by atoms with E-state index in [0.717, 1.165) is 30.8 Å². The Kier molecular flexibility index (Phi) is 5.11. The molecular weight excluding hydrogens is 290 g/mol. The van der Waals surface area contributed by atoms with E-state index in [9.17, 15) is 13.6 Å². The van der Waals surface area contributed by atoms with Crippen LogP contribution >= 0.6 is 0 Å². The molecule has 2 rings (SSSR count). The van der Waals surface area contributed by atoms with Crippen molar-refractivity contribution in [2.75, 3.05) is 0 Å². The summed E-state index contributed by atoms with van der Waals surface area (Å²) in [5, 5.41) is 8.77. The van der Waals surface area contributed by atoms with E-state index >= 15 is 0 Å². The molecule has 1 aromatic carbocycles. The van der Waals surface area contributed by atoms with Crippen LogP contribution in [0.2, 0.25) is 0 Å². The molecule has 0 aliphatic heterocycles. The van der Waals surface area contributed by atoms with E-state index in [1.807, 2.05) is 18.4 Å². The summed E-state index contributed by atoms with van der Waals surface area (Å²) in [6.45, 7) is 4.51. The topological polar surface area (TPSA) is 55.1 Å². The molecule has 0 atom stereocenters. The van der Waals surface area contributed by atoms with E-state index in [2.05, 4.69) is 4.98 Å². The number of imidazole rings is 1. The van der Waals surface area contributed by atoms with Gasteiger partial charge in [0, 0.05) is 31.0 Å². The molecule has 0 bridgehead atoms. The molecule has 22 heavy (non-hydrogen) atoms.